The van der Waals surface area contributed by atoms with Crippen molar-refractivity contribution in [1.29, 1.82) is 0 Å². The number of amides is 1. The van der Waals surface area contributed by atoms with Gasteiger partial charge in [0.05, 0.1) is 39.9 Å². The first kappa shape index (κ1) is 58.5. The lowest BCUT2D eigenvalue weighted by molar-refractivity contribution is -0.870. The van der Waals surface area contributed by atoms with Gasteiger partial charge in [-0.15, -0.1) is 0 Å². The van der Waals surface area contributed by atoms with Crippen LogP contribution < -0.4 is 5.32 Å². The molecule has 3 atom stereocenters. The Morgan fingerprint density at radius 2 is 0.814 bits per heavy atom. The Labute approximate surface area is 368 Å². The zero-order valence-corrected chi connectivity index (χ0v) is 41.2. The number of hydrogen-bond donors (Lipinski definition) is 3. The summed E-state index contributed by atoms with van der Waals surface area (Å²) in [5, 5.41) is 14.0. The molecular weight excluding hydrogens is 756 g/mol. The van der Waals surface area contributed by atoms with Crippen molar-refractivity contribution in [3.05, 3.63) is 0 Å². The van der Waals surface area contributed by atoms with Crippen LogP contribution in [0, 0.1) is 0 Å². The van der Waals surface area contributed by atoms with E-state index in [2.05, 4.69) is 19.2 Å². The Hall–Kier alpha value is -0.500. The van der Waals surface area contributed by atoms with Gasteiger partial charge in [0.2, 0.25) is 5.91 Å². The Kier molecular flexibility index (Phi) is 42.4. The highest BCUT2D eigenvalue weighted by atomic mass is 31.2. The van der Waals surface area contributed by atoms with Gasteiger partial charge in [-0.3, -0.25) is 13.8 Å². The van der Waals surface area contributed by atoms with Gasteiger partial charge < -0.3 is 19.8 Å². The van der Waals surface area contributed by atoms with Gasteiger partial charge in [-0.25, -0.2) is 4.57 Å². The number of aliphatic hydroxyl groups excluding tert-OH is 1. The normalized spacial score (nSPS) is 14.1. The first-order chi connectivity index (χ1) is 28.5. The maximum atomic E-state index is 12.9. The number of likely N-dealkylation sites (N-methyl/N-ethyl adjacent to an activating group) is 1. The van der Waals surface area contributed by atoms with Crippen LogP contribution in [-0.4, -0.2) is 73.4 Å². The molecule has 0 aromatic carbocycles. The van der Waals surface area contributed by atoms with Crippen molar-refractivity contribution in [3.63, 3.8) is 0 Å². The van der Waals surface area contributed by atoms with E-state index in [9.17, 15) is 19.4 Å². The van der Waals surface area contributed by atoms with Gasteiger partial charge in [-0.05, 0) is 12.8 Å². The van der Waals surface area contributed by atoms with Gasteiger partial charge in [0.25, 0.3) is 0 Å². The second-order valence-electron chi connectivity index (χ2n) is 19.3. The van der Waals surface area contributed by atoms with E-state index in [1.54, 1.807) is 0 Å². The molecule has 9 heteroatoms. The average molecular weight is 860 g/mol. The molecule has 0 heterocycles. The maximum Gasteiger partial charge on any atom is 0.472 e. The van der Waals surface area contributed by atoms with Crippen LogP contribution >= 0.6 is 7.82 Å². The summed E-state index contributed by atoms with van der Waals surface area (Å²) in [5.41, 5.74) is 0. The summed E-state index contributed by atoms with van der Waals surface area (Å²) in [4.78, 5) is 23.2. The smallest absolute Gasteiger partial charge is 0.391 e. The van der Waals surface area contributed by atoms with Gasteiger partial charge in [-0.2, -0.15) is 0 Å². The second-order valence-corrected chi connectivity index (χ2v) is 20.7. The molecule has 1 amide bonds. The summed E-state index contributed by atoms with van der Waals surface area (Å²) >= 11 is 0. The first-order valence-electron chi connectivity index (χ1n) is 25.9. The fourth-order valence-electron chi connectivity index (χ4n) is 7.99. The van der Waals surface area contributed by atoms with Crippen molar-refractivity contribution in [2.75, 3.05) is 40.9 Å². The molecule has 0 rings (SSSR count). The van der Waals surface area contributed by atoms with E-state index in [0.717, 1.165) is 38.5 Å². The predicted octanol–water partition coefficient (Wildman–Crippen LogP) is 14.9. The first-order valence-corrected chi connectivity index (χ1v) is 27.4. The van der Waals surface area contributed by atoms with Crippen molar-refractivity contribution in [2.24, 2.45) is 0 Å². The Bertz CT molecular complexity index is 932. The fourth-order valence-corrected chi connectivity index (χ4v) is 8.73. The van der Waals surface area contributed by atoms with E-state index in [-0.39, 0.29) is 19.1 Å². The molecule has 354 valence electrons. The van der Waals surface area contributed by atoms with Crippen LogP contribution in [0.1, 0.15) is 264 Å². The molecule has 0 aliphatic carbocycles. The topological polar surface area (TPSA) is 105 Å². The third-order valence-corrected chi connectivity index (χ3v) is 13.1. The van der Waals surface area contributed by atoms with Crippen LogP contribution in [-0.2, 0) is 18.4 Å². The van der Waals surface area contributed by atoms with Crippen LogP contribution in [0.3, 0.4) is 0 Å². The molecule has 0 bridgehead atoms. The number of hydrogen-bond acceptors (Lipinski definition) is 5. The summed E-state index contributed by atoms with van der Waals surface area (Å²) in [6, 6.07) is -0.754. The molecule has 0 fully saturated rings. The van der Waals surface area contributed by atoms with E-state index in [1.807, 2.05) is 21.1 Å². The van der Waals surface area contributed by atoms with E-state index in [1.165, 1.54) is 199 Å². The van der Waals surface area contributed by atoms with Crippen molar-refractivity contribution >= 4 is 13.7 Å². The molecule has 0 aromatic rings. The summed E-state index contributed by atoms with van der Waals surface area (Å²) in [7, 11) is 1.63. The standard InChI is InChI=1S/C50H103N2O6P/c1-6-8-10-12-14-16-18-20-22-24-26-27-29-31-33-35-37-39-41-43-49(53)48(47-58-59(55,56)57-46-45-52(3,4)5)51-50(54)44-42-40-38-36-34-32-30-28-25-23-21-19-17-15-13-11-9-7-2/h48-49,53H,6-47H2,1-5H3,(H-,51,54,55,56)/p+1. The SMILES string of the molecule is CCCCCCCCCCCCCCCCCCCCCC(O)C(COP(=O)(O)OCC[N+](C)(C)C)NC(=O)CCCCCCCCCCCCCCCCCCCC. The van der Waals surface area contributed by atoms with E-state index in [4.69, 9.17) is 9.05 Å². The minimum Gasteiger partial charge on any atom is -0.391 e. The Morgan fingerprint density at radius 1 is 0.508 bits per heavy atom. The quantitative estimate of drug-likeness (QED) is 0.0320. The number of nitrogens with one attached hydrogen (secondary N) is 1. The second kappa shape index (κ2) is 42.8. The van der Waals surface area contributed by atoms with E-state index < -0.39 is 20.0 Å². The third kappa shape index (κ3) is 45.3. The van der Waals surface area contributed by atoms with E-state index in [0.29, 0.717) is 23.9 Å². The summed E-state index contributed by atoms with van der Waals surface area (Å²) in [6.45, 7) is 4.93. The lowest BCUT2D eigenvalue weighted by Crippen LogP contribution is -2.46. The lowest BCUT2D eigenvalue weighted by Gasteiger charge is -2.26. The molecule has 0 aliphatic heterocycles. The van der Waals surface area contributed by atoms with Crippen LogP contribution in [0.4, 0.5) is 0 Å². The molecular formula is C50H104N2O6P+. The van der Waals surface area contributed by atoms with Gasteiger partial charge in [0.1, 0.15) is 13.2 Å². The summed E-state index contributed by atoms with van der Waals surface area (Å²) in [6.07, 6.45) is 48.5. The van der Waals surface area contributed by atoms with Crippen molar-refractivity contribution < 1.29 is 32.9 Å². The van der Waals surface area contributed by atoms with E-state index >= 15 is 0 Å². The van der Waals surface area contributed by atoms with Gasteiger partial charge in [0.15, 0.2) is 0 Å². The number of quaternary nitrogens is 1. The lowest BCUT2D eigenvalue weighted by atomic mass is 10.0. The Morgan fingerprint density at radius 3 is 1.14 bits per heavy atom. The molecule has 8 nitrogen and oxygen atoms in total. The number of aliphatic hydroxyl groups is 1. The molecule has 0 spiro atoms. The van der Waals surface area contributed by atoms with Gasteiger partial charge in [-0.1, -0.05) is 245 Å². The van der Waals surface area contributed by atoms with Crippen LogP contribution in [0.15, 0.2) is 0 Å². The minimum absolute atomic E-state index is 0.0789. The highest BCUT2D eigenvalue weighted by molar-refractivity contribution is 7.47. The Balaban J connectivity index is 4.22. The molecule has 0 aromatic heterocycles. The highest BCUT2D eigenvalue weighted by Gasteiger charge is 2.28. The highest BCUT2D eigenvalue weighted by Crippen LogP contribution is 2.43. The number of carbonyl (C=O) groups excluding carboxylic acids is 1. The fraction of sp³-hybridized carbons (Fsp3) is 0.980. The molecule has 3 N–H and O–H groups in total. The number of unbranched alkanes of at least 4 members (excludes halogenated alkanes) is 35. The van der Waals surface area contributed by atoms with Crippen LogP contribution in [0.5, 0.6) is 0 Å². The maximum absolute atomic E-state index is 12.9. The summed E-state index contributed by atoms with van der Waals surface area (Å²) < 4.78 is 23.7. The minimum atomic E-state index is -4.31. The zero-order chi connectivity index (χ0) is 43.6. The van der Waals surface area contributed by atoms with Crippen molar-refractivity contribution in [1.82, 2.24) is 5.32 Å². The predicted molar refractivity (Wildman–Crippen MR) is 254 cm³/mol. The number of carbonyl (C=O) groups is 1. The monoisotopic (exact) mass is 860 g/mol. The molecule has 0 saturated carbocycles. The number of phosphoric ester groups is 1. The average Bonchev–Trinajstić information content (AvgIpc) is 3.19. The van der Waals surface area contributed by atoms with Gasteiger partial charge >= 0.3 is 7.82 Å². The molecule has 0 saturated heterocycles. The molecule has 0 aliphatic rings. The summed E-state index contributed by atoms with van der Waals surface area (Å²) in [5.74, 6) is -0.138. The zero-order valence-electron chi connectivity index (χ0n) is 40.3. The number of nitrogens with zero attached hydrogens (tertiary/aromatic N) is 1. The van der Waals surface area contributed by atoms with Crippen LogP contribution in [0.25, 0.3) is 0 Å². The van der Waals surface area contributed by atoms with Crippen molar-refractivity contribution in [3.8, 4) is 0 Å². The molecule has 59 heavy (non-hydrogen) atoms. The van der Waals surface area contributed by atoms with Crippen molar-refractivity contribution in [2.45, 2.75) is 276 Å². The largest absolute Gasteiger partial charge is 0.472 e. The van der Waals surface area contributed by atoms with Crippen LogP contribution in [0.2, 0.25) is 0 Å². The number of rotatable bonds is 48. The third-order valence-electron chi connectivity index (χ3n) is 12.1. The van der Waals surface area contributed by atoms with Gasteiger partial charge in [0, 0.05) is 6.42 Å². The molecule has 3 unspecified atom stereocenters. The molecule has 0 radical (unpaired) electrons. The number of phosphoric acid groups is 1.